The third-order valence-corrected chi connectivity index (χ3v) is 8.95. The van der Waals surface area contributed by atoms with Gasteiger partial charge in [0.15, 0.2) is 11.5 Å². The average Bonchev–Trinajstić information content (AvgIpc) is 3.41. The van der Waals surface area contributed by atoms with Crippen LogP contribution < -0.4 is 20.1 Å². The van der Waals surface area contributed by atoms with E-state index in [1.165, 1.54) is 6.07 Å². The summed E-state index contributed by atoms with van der Waals surface area (Å²) < 4.78 is 28.2. The number of carbonyl (C=O) groups is 1. The molecule has 236 valence electrons. The van der Waals surface area contributed by atoms with Crippen LogP contribution >= 0.6 is 23.4 Å². The Hall–Kier alpha value is -4.02. The second-order valence-electron chi connectivity index (χ2n) is 10.8. The van der Waals surface area contributed by atoms with Crippen LogP contribution in [0.2, 0.25) is 5.02 Å². The Balaban J connectivity index is 1.54. The lowest BCUT2D eigenvalue weighted by molar-refractivity contribution is -0.113. The zero-order chi connectivity index (χ0) is 32.1. The number of nitrogens with zero attached hydrogens (tertiary/aromatic N) is 3. The number of fused-ring (bicyclic) bond motifs is 1. The maximum absolute atomic E-state index is 14.4. The summed E-state index contributed by atoms with van der Waals surface area (Å²) in [6.07, 6.45) is 2.12. The number of thioether (sulfide) groups is 1. The molecule has 0 spiro atoms. The quantitative estimate of drug-likeness (QED) is 0.117. The van der Waals surface area contributed by atoms with Gasteiger partial charge in [-0.2, -0.15) is 4.98 Å². The summed E-state index contributed by atoms with van der Waals surface area (Å²) >= 11 is 7.82. The van der Waals surface area contributed by atoms with E-state index in [2.05, 4.69) is 17.6 Å². The number of nitrogens with one attached hydrogen (secondary N) is 2. The first kappa shape index (κ1) is 32.4. The number of carbonyl (C=O) groups excluding carboxylic acids is 1. The van der Waals surface area contributed by atoms with E-state index >= 15 is 0 Å². The van der Waals surface area contributed by atoms with Crippen LogP contribution in [0.4, 0.5) is 16.0 Å². The molecule has 5 rings (SSSR count). The molecule has 1 unspecified atom stereocenters. The maximum atomic E-state index is 14.4. The number of hydrogen-bond acceptors (Lipinski definition) is 7. The summed E-state index contributed by atoms with van der Waals surface area (Å²) in [5.74, 6) is 1.61. The monoisotopic (exact) mass is 649 g/mol. The molecule has 0 bridgehead atoms. The van der Waals surface area contributed by atoms with Crippen molar-refractivity contribution < 1.29 is 18.7 Å². The molecule has 8 nitrogen and oxygen atoms in total. The second-order valence-corrected chi connectivity index (χ2v) is 12.2. The van der Waals surface area contributed by atoms with Crippen molar-refractivity contribution in [1.29, 1.82) is 0 Å². The Morgan fingerprint density at radius 2 is 1.89 bits per heavy atom. The van der Waals surface area contributed by atoms with Gasteiger partial charge >= 0.3 is 0 Å². The summed E-state index contributed by atoms with van der Waals surface area (Å²) in [5.41, 5.74) is 4.98. The lowest BCUT2D eigenvalue weighted by Crippen LogP contribution is -2.31. The first-order valence-electron chi connectivity index (χ1n) is 15.0. The van der Waals surface area contributed by atoms with E-state index in [0.717, 1.165) is 41.0 Å². The topological polar surface area (TPSA) is 90.3 Å². The molecule has 4 aromatic rings. The number of ether oxygens (including phenoxy) is 2. The number of rotatable bonds is 12. The van der Waals surface area contributed by atoms with Gasteiger partial charge in [0.2, 0.25) is 11.1 Å². The molecule has 0 fully saturated rings. The fraction of sp³-hybridized carbons (Fsp3) is 0.324. The molecule has 45 heavy (non-hydrogen) atoms. The van der Waals surface area contributed by atoms with E-state index in [-0.39, 0.29) is 23.1 Å². The Bertz CT molecular complexity index is 1720. The molecule has 3 aromatic carbocycles. The molecule has 1 aliphatic rings. The normalized spacial score (nSPS) is 14.2. The van der Waals surface area contributed by atoms with Gasteiger partial charge in [0.25, 0.3) is 5.91 Å². The third-order valence-electron chi connectivity index (χ3n) is 7.68. The van der Waals surface area contributed by atoms with Gasteiger partial charge in [0.05, 0.1) is 17.2 Å². The predicted octanol–water partition coefficient (Wildman–Crippen LogP) is 8.48. The van der Waals surface area contributed by atoms with Gasteiger partial charge < -0.3 is 20.1 Å². The summed E-state index contributed by atoms with van der Waals surface area (Å²) in [6.45, 7) is 10.2. The molecule has 0 saturated carbocycles. The van der Waals surface area contributed by atoms with Crippen molar-refractivity contribution in [2.45, 2.75) is 65.3 Å². The number of anilines is 2. The van der Waals surface area contributed by atoms with Gasteiger partial charge in [-0.25, -0.2) is 9.07 Å². The first-order valence-corrected chi connectivity index (χ1v) is 16.3. The molecule has 1 aromatic heterocycles. The number of amides is 1. The van der Waals surface area contributed by atoms with Crippen molar-refractivity contribution in [3.05, 3.63) is 99.0 Å². The van der Waals surface area contributed by atoms with Gasteiger partial charge in [-0.3, -0.25) is 4.79 Å². The maximum Gasteiger partial charge on any atom is 0.255 e. The van der Waals surface area contributed by atoms with Crippen LogP contribution in [0.15, 0.2) is 71.0 Å². The van der Waals surface area contributed by atoms with Crippen LogP contribution in [0.1, 0.15) is 61.9 Å². The van der Waals surface area contributed by atoms with Crippen LogP contribution in [0.25, 0.3) is 0 Å². The lowest BCUT2D eigenvalue weighted by Gasteiger charge is -2.29. The number of hydrogen-bond donors (Lipinski definition) is 2. The molecular weight excluding hydrogens is 613 g/mol. The minimum absolute atomic E-state index is 0.0770. The molecular formula is C34H37ClFN5O3S. The van der Waals surface area contributed by atoms with Crippen LogP contribution in [-0.2, 0) is 11.4 Å². The molecule has 11 heteroatoms. The van der Waals surface area contributed by atoms with E-state index in [0.29, 0.717) is 40.5 Å². The van der Waals surface area contributed by atoms with Crippen molar-refractivity contribution in [1.82, 2.24) is 14.8 Å². The molecule has 1 amide bonds. The zero-order valence-corrected chi connectivity index (χ0v) is 27.6. The van der Waals surface area contributed by atoms with Crippen molar-refractivity contribution in [3.8, 4) is 11.5 Å². The highest BCUT2D eigenvalue weighted by atomic mass is 35.5. The standard InChI is InChI=1S/C34H37ClFN5O3S/c1-6-8-17-45-34-39-33-37-22(5)30(32(42)38-27-14-9-11-20(3)21(27)4)31(41(33)40-34)23-15-16-28(29(18-23)43-7-2)44-19-24-25(35)12-10-13-26(24)36/h9-16,18,31H,6-8,17,19H2,1-5H3,(H,38,42)(H,37,39,40). The largest absolute Gasteiger partial charge is 0.490 e. The minimum Gasteiger partial charge on any atom is -0.490 e. The zero-order valence-electron chi connectivity index (χ0n) is 26.0. The van der Waals surface area contributed by atoms with Gasteiger partial charge in [0.1, 0.15) is 18.5 Å². The first-order chi connectivity index (χ1) is 21.7. The number of halogens is 2. The van der Waals surface area contributed by atoms with Gasteiger partial charge in [-0.1, -0.05) is 61.0 Å². The molecule has 0 radical (unpaired) electrons. The van der Waals surface area contributed by atoms with E-state index in [1.807, 2.05) is 58.0 Å². The molecule has 1 atom stereocenters. The second kappa shape index (κ2) is 14.4. The molecule has 2 heterocycles. The SMILES string of the molecule is CCCCSc1nc2n(n1)C(c1ccc(OCc3c(F)cccc3Cl)c(OCC)c1)C(C(=O)Nc1cccc(C)c1C)=C(C)N2. The Morgan fingerprint density at radius 3 is 2.64 bits per heavy atom. The summed E-state index contributed by atoms with van der Waals surface area (Å²) in [4.78, 5) is 18.8. The van der Waals surface area contributed by atoms with Gasteiger partial charge in [-0.05, 0) is 81.1 Å². The summed E-state index contributed by atoms with van der Waals surface area (Å²) in [6, 6.07) is 15.2. The Labute approximate surface area is 272 Å². The van der Waals surface area contributed by atoms with E-state index in [9.17, 15) is 9.18 Å². The van der Waals surface area contributed by atoms with Gasteiger partial charge in [0, 0.05) is 22.7 Å². The smallest absolute Gasteiger partial charge is 0.255 e. The third kappa shape index (κ3) is 7.12. The highest BCUT2D eigenvalue weighted by Crippen LogP contribution is 2.40. The summed E-state index contributed by atoms with van der Waals surface area (Å²) in [5, 5.41) is 12.2. The van der Waals surface area contributed by atoms with E-state index in [4.69, 9.17) is 31.2 Å². The highest BCUT2D eigenvalue weighted by molar-refractivity contribution is 7.99. The molecule has 0 saturated heterocycles. The number of aryl methyl sites for hydroxylation is 1. The number of allylic oxidation sites excluding steroid dienone is 1. The average molecular weight is 650 g/mol. The Morgan fingerprint density at radius 1 is 1.09 bits per heavy atom. The van der Waals surface area contributed by atoms with E-state index < -0.39 is 11.9 Å². The number of unbranched alkanes of at least 4 members (excludes halogenated alkanes) is 1. The van der Waals surface area contributed by atoms with E-state index in [1.54, 1.807) is 34.6 Å². The number of aromatic nitrogens is 3. The van der Waals surface area contributed by atoms with Crippen molar-refractivity contribution >= 4 is 40.9 Å². The van der Waals surface area contributed by atoms with Crippen molar-refractivity contribution in [2.24, 2.45) is 0 Å². The summed E-state index contributed by atoms with van der Waals surface area (Å²) in [7, 11) is 0. The van der Waals surface area contributed by atoms with Crippen LogP contribution in [0, 0.1) is 19.7 Å². The minimum atomic E-state index is -0.617. The lowest BCUT2D eigenvalue weighted by atomic mass is 9.94. The number of benzene rings is 3. The van der Waals surface area contributed by atoms with Crippen molar-refractivity contribution in [3.63, 3.8) is 0 Å². The van der Waals surface area contributed by atoms with Crippen LogP contribution in [0.3, 0.4) is 0 Å². The fourth-order valence-corrected chi connectivity index (χ4v) is 6.21. The van der Waals surface area contributed by atoms with Crippen LogP contribution in [-0.4, -0.2) is 33.0 Å². The molecule has 0 aliphatic carbocycles. The Kier molecular flexibility index (Phi) is 10.4. The van der Waals surface area contributed by atoms with Gasteiger partial charge in [-0.15, -0.1) is 5.10 Å². The highest BCUT2D eigenvalue weighted by Gasteiger charge is 2.35. The fourth-order valence-electron chi connectivity index (χ4n) is 5.08. The van der Waals surface area contributed by atoms with Crippen LogP contribution in [0.5, 0.6) is 11.5 Å². The van der Waals surface area contributed by atoms with Crippen molar-refractivity contribution in [2.75, 3.05) is 23.0 Å². The predicted molar refractivity (Wildman–Crippen MR) is 178 cm³/mol. The molecule has 2 N–H and O–H groups in total. The molecule has 1 aliphatic heterocycles.